The van der Waals surface area contributed by atoms with Crippen LogP contribution in [0.3, 0.4) is 0 Å². The van der Waals surface area contributed by atoms with Crippen LogP contribution < -0.4 is 5.73 Å². The quantitative estimate of drug-likeness (QED) is 0.741. The molecule has 0 fully saturated rings. The summed E-state index contributed by atoms with van der Waals surface area (Å²) >= 11 is 0. The van der Waals surface area contributed by atoms with Gasteiger partial charge < -0.3 is 10.6 Å². The summed E-state index contributed by atoms with van der Waals surface area (Å²) in [5, 5.41) is 0. The SMILES string of the molecule is CCCN(CCCN)C(=O)C(F)(F)C(F)(F)F. The summed E-state index contributed by atoms with van der Waals surface area (Å²) < 4.78 is 61.5. The average molecular weight is 262 g/mol. The van der Waals surface area contributed by atoms with E-state index in [0.717, 1.165) is 0 Å². The third-order valence-corrected chi connectivity index (χ3v) is 2.04. The van der Waals surface area contributed by atoms with Gasteiger partial charge in [-0.1, -0.05) is 6.92 Å². The minimum Gasteiger partial charge on any atom is -0.337 e. The molecule has 0 aliphatic heterocycles. The van der Waals surface area contributed by atoms with Gasteiger partial charge in [-0.05, 0) is 19.4 Å². The third kappa shape index (κ3) is 4.10. The van der Waals surface area contributed by atoms with Crippen molar-refractivity contribution < 1.29 is 26.7 Å². The van der Waals surface area contributed by atoms with Crippen LogP contribution in [0.5, 0.6) is 0 Å². The molecule has 0 aromatic carbocycles. The number of nitrogens with two attached hydrogens (primary N) is 1. The summed E-state index contributed by atoms with van der Waals surface area (Å²) in [5.74, 6) is -7.54. The van der Waals surface area contributed by atoms with Crippen molar-refractivity contribution in [1.82, 2.24) is 4.90 Å². The number of carbonyl (C=O) groups excluding carboxylic acids is 1. The van der Waals surface area contributed by atoms with Crippen molar-refractivity contribution in [2.75, 3.05) is 19.6 Å². The molecule has 0 atom stereocenters. The van der Waals surface area contributed by atoms with Crippen LogP contribution in [0.1, 0.15) is 19.8 Å². The fraction of sp³-hybridized carbons (Fsp3) is 0.889. The first kappa shape index (κ1) is 16.1. The Morgan fingerprint density at radius 2 is 1.71 bits per heavy atom. The Kier molecular flexibility index (Phi) is 5.80. The lowest BCUT2D eigenvalue weighted by molar-refractivity contribution is -0.274. The van der Waals surface area contributed by atoms with Crippen LogP contribution in [0.2, 0.25) is 0 Å². The van der Waals surface area contributed by atoms with Crippen molar-refractivity contribution in [3.8, 4) is 0 Å². The number of amides is 1. The summed E-state index contributed by atoms with van der Waals surface area (Å²) in [7, 11) is 0. The standard InChI is InChI=1S/C9H15F5N2O/c1-2-5-16(6-3-4-15)7(17)8(10,11)9(12,13)14/h2-6,15H2,1H3. The predicted octanol–water partition coefficient (Wildman–Crippen LogP) is 1.77. The van der Waals surface area contributed by atoms with E-state index in [9.17, 15) is 26.7 Å². The maximum absolute atomic E-state index is 12.8. The topological polar surface area (TPSA) is 46.3 Å². The molecule has 3 nitrogen and oxygen atoms in total. The molecule has 0 aromatic heterocycles. The predicted molar refractivity (Wildman–Crippen MR) is 51.5 cm³/mol. The van der Waals surface area contributed by atoms with Crippen molar-refractivity contribution in [2.45, 2.75) is 31.9 Å². The molecular formula is C9H15F5N2O. The number of carbonyl (C=O) groups is 1. The molecule has 2 N–H and O–H groups in total. The van der Waals surface area contributed by atoms with E-state index in [4.69, 9.17) is 5.73 Å². The molecule has 0 saturated heterocycles. The highest BCUT2D eigenvalue weighted by Crippen LogP contribution is 2.36. The van der Waals surface area contributed by atoms with Crippen molar-refractivity contribution >= 4 is 5.91 Å². The fourth-order valence-electron chi connectivity index (χ4n) is 1.19. The highest BCUT2D eigenvalue weighted by molar-refractivity contribution is 5.84. The van der Waals surface area contributed by atoms with Gasteiger partial charge in [-0.2, -0.15) is 22.0 Å². The summed E-state index contributed by atoms with van der Waals surface area (Å²) in [4.78, 5) is 11.6. The molecule has 1 amide bonds. The van der Waals surface area contributed by atoms with E-state index in [1.807, 2.05) is 0 Å². The minimum absolute atomic E-state index is 0.116. The zero-order chi connectivity index (χ0) is 13.7. The van der Waals surface area contributed by atoms with E-state index in [2.05, 4.69) is 0 Å². The van der Waals surface area contributed by atoms with Gasteiger partial charge in [0.25, 0.3) is 0 Å². The molecule has 0 aliphatic rings. The van der Waals surface area contributed by atoms with Crippen molar-refractivity contribution in [3.05, 3.63) is 0 Å². The summed E-state index contributed by atoms with van der Waals surface area (Å²) in [6.45, 7) is 1.35. The van der Waals surface area contributed by atoms with Crippen molar-refractivity contribution in [1.29, 1.82) is 0 Å². The van der Waals surface area contributed by atoms with Gasteiger partial charge in [-0.25, -0.2) is 0 Å². The van der Waals surface area contributed by atoms with Gasteiger partial charge in [0.15, 0.2) is 0 Å². The van der Waals surface area contributed by atoms with Crippen LogP contribution in [0, 0.1) is 0 Å². The van der Waals surface area contributed by atoms with Crippen molar-refractivity contribution in [2.24, 2.45) is 5.73 Å². The highest BCUT2D eigenvalue weighted by atomic mass is 19.4. The van der Waals surface area contributed by atoms with Crippen LogP contribution in [0.4, 0.5) is 22.0 Å². The zero-order valence-corrected chi connectivity index (χ0v) is 9.36. The Bertz CT molecular complexity index is 254. The van der Waals surface area contributed by atoms with Gasteiger partial charge in [0.05, 0.1) is 0 Å². The average Bonchev–Trinajstić information content (AvgIpc) is 2.21. The van der Waals surface area contributed by atoms with Gasteiger partial charge in [-0.15, -0.1) is 0 Å². The largest absolute Gasteiger partial charge is 0.463 e. The van der Waals surface area contributed by atoms with E-state index >= 15 is 0 Å². The van der Waals surface area contributed by atoms with E-state index < -0.39 is 18.0 Å². The Morgan fingerprint density at radius 1 is 1.18 bits per heavy atom. The van der Waals surface area contributed by atoms with E-state index in [0.29, 0.717) is 11.3 Å². The van der Waals surface area contributed by atoms with Crippen LogP contribution in [-0.2, 0) is 4.79 Å². The fourth-order valence-corrected chi connectivity index (χ4v) is 1.19. The number of rotatable bonds is 6. The maximum Gasteiger partial charge on any atom is 0.463 e. The van der Waals surface area contributed by atoms with Crippen LogP contribution in [0.25, 0.3) is 0 Å². The van der Waals surface area contributed by atoms with Gasteiger partial charge in [-0.3, -0.25) is 4.79 Å². The Hall–Kier alpha value is -0.920. The second kappa shape index (κ2) is 6.13. The summed E-state index contributed by atoms with van der Waals surface area (Å²) in [6, 6.07) is 0. The Labute approximate surface area is 95.7 Å². The molecule has 0 unspecified atom stereocenters. The molecular weight excluding hydrogens is 247 g/mol. The molecule has 0 saturated carbocycles. The zero-order valence-electron chi connectivity index (χ0n) is 9.36. The molecule has 0 aliphatic carbocycles. The lowest BCUT2D eigenvalue weighted by Gasteiger charge is -2.27. The number of hydrogen-bond acceptors (Lipinski definition) is 2. The van der Waals surface area contributed by atoms with Crippen LogP contribution in [-0.4, -0.2) is 42.5 Å². The second-order valence-electron chi connectivity index (χ2n) is 3.51. The van der Waals surface area contributed by atoms with E-state index in [1.54, 1.807) is 6.92 Å². The van der Waals surface area contributed by atoms with Gasteiger partial charge in [0.2, 0.25) is 0 Å². The maximum atomic E-state index is 12.8. The normalized spacial score (nSPS) is 12.6. The second-order valence-corrected chi connectivity index (χ2v) is 3.51. The number of halogens is 5. The molecule has 17 heavy (non-hydrogen) atoms. The first-order chi connectivity index (χ1) is 7.68. The monoisotopic (exact) mass is 262 g/mol. The molecule has 8 heteroatoms. The van der Waals surface area contributed by atoms with Gasteiger partial charge in [0, 0.05) is 13.1 Å². The minimum atomic E-state index is -5.86. The molecule has 0 aromatic rings. The molecule has 0 spiro atoms. The molecule has 0 rings (SSSR count). The van der Waals surface area contributed by atoms with Crippen molar-refractivity contribution in [3.63, 3.8) is 0 Å². The molecule has 102 valence electrons. The third-order valence-electron chi connectivity index (χ3n) is 2.04. The molecule has 0 bridgehead atoms. The Morgan fingerprint density at radius 3 is 2.06 bits per heavy atom. The number of alkyl halides is 5. The first-order valence-corrected chi connectivity index (χ1v) is 5.12. The highest BCUT2D eigenvalue weighted by Gasteiger charge is 2.64. The smallest absolute Gasteiger partial charge is 0.337 e. The molecule has 0 heterocycles. The van der Waals surface area contributed by atoms with E-state index in [1.165, 1.54) is 0 Å². The summed E-state index contributed by atoms with van der Waals surface area (Å²) in [5.41, 5.74) is 5.12. The Balaban J connectivity index is 4.81. The number of hydrogen-bond donors (Lipinski definition) is 1. The van der Waals surface area contributed by atoms with Crippen LogP contribution in [0.15, 0.2) is 0 Å². The lowest BCUT2D eigenvalue weighted by atomic mass is 10.2. The van der Waals surface area contributed by atoms with Gasteiger partial charge in [0.1, 0.15) is 0 Å². The van der Waals surface area contributed by atoms with Crippen LogP contribution >= 0.6 is 0 Å². The number of nitrogens with zero attached hydrogens (tertiary/aromatic N) is 1. The molecule has 0 radical (unpaired) electrons. The van der Waals surface area contributed by atoms with Gasteiger partial charge >= 0.3 is 18.0 Å². The lowest BCUT2D eigenvalue weighted by Crippen LogP contribution is -2.52. The summed E-state index contributed by atoms with van der Waals surface area (Å²) in [6.07, 6.45) is -5.39. The first-order valence-electron chi connectivity index (χ1n) is 5.12. The van der Waals surface area contributed by atoms with E-state index in [-0.39, 0.29) is 26.1 Å².